The average molecular weight is 476 g/mol. The molecule has 3 unspecified atom stereocenters. The Morgan fingerprint density at radius 1 is 1.18 bits per heavy atom. The van der Waals surface area contributed by atoms with E-state index in [-0.39, 0.29) is 23.3 Å². The second kappa shape index (κ2) is 7.89. The highest BCUT2D eigenvalue weighted by Crippen LogP contribution is 2.57. The number of phenolic OH excluding ortho intramolecular Hbond substituents is 1. The standard InChI is InChI=1S/C23H25NO8S/c1-3-8-16-19(28)13-10(7-33-2)9-5-4-6-11(25)12(9)18(27)14(13)20(29)23(16,32)21(30)15(17(8)26)22(24)31/h4-6,8,10,13,16,19,25-26,28-29,32H,3,7H2,1-2H3,(H2,24,31)/t8-,10-,13?,16?,19?,23-/m0/s1. The number of nitrogens with two attached hydrogens (primary N) is 1. The molecule has 0 saturated heterocycles. The number of phenols is 1. The van der Waals surface area contributed by atoms with E-state index in [0.29, 0.717) is 11.3 Å². The summed E-state index contributed by atoms with van der Waals surface area (Å²) in [6.45, 7) is 1.62. The number of thioether (sulfide) groups is 1. The van der Waals surface area contributed by atoms with Crippen LogP contribution in [0.2, 0.25) is 0 Å². The number of fused-ring (bicyclic) bond motifs is 3. The number of hydrogen-bond acceptors (Lipinski definition) is 9. The summed E-state index contributed by atoms with van der Waals surface area (Å²) in [6, 6.07) is 4.54. The van der Waals surface area contributed by atoms with Crippen molar-refractivity contribution in [3.8, 4) is 5.75 Å². The van der Waals surface area contributed by atoms with Gasteiger partial charge in [0.25, 0.3) is 5.91 Å². The first-order valence-corrected chi connectivity index (χ1v) is 11.9. The molecule has 0 heterocycles. The number of carbonyl (C=O) groups excluding carboxylic acids is 3. The zero-order valence-corrected chi connectivity index (χ0v) is 18.8. The van der Waals surface area contributed by atoms with Crippen molar-refractivity contribution in [3.05, 3.63) is 52.0 Å². The third-order valence-electron chi connectivity index (χ3n) is 7.19. The van der Waals surface area contributed by atoms with Crippen molar-refractivity contribution in [1.29, 1.82) is 0 Å². The van der Waals surface area contributed by atoms with E-state index in [0.717, 1.165) is 0 Å². The maximum atomic E-state index is 13.5. The van der Waals surface area contributed by atoms with Gasteiger partial charge in [-0.1, -0.05) is 19.1 Å². The Balaban J connectivity index is 2.06. The predicted molar refractivity (Wildman–Crippen MR) is 119 cm³/mol. The SMILES string of the molecule is CC[C@@H]1C(O)=C(C(N)=O)C(=O)[C@@]2(O)C(O)=C3C(=O)c4c(O)cccc4[C@H](CSC)C3C(O)C12. The molecule has 33 heavy (non-hydrogen) atoms. The molecule has 0 bridgehead atoms. The molecule has 0 fully saturated rings. The monoisotopic (exact) mass is 475 g/mol. The average Bonchev–Trinajstić information content (AvgIpc) is 2.75. The maximum Gasteiger partial charge on any atom is 0.255 e. The minimum absolute atomic E-state index is 0.0765. The van der Waals surface area contributed by atoms with Gasteiger partial charge in [-0.25, -0.2) is 0 Å². The zero-order valence-electron chi connectivity index (χ0n) is 18.0. The van der Waals surface area contributed by atoms with Crippen molar-refractivity contribution >= 4 is 29.2 Å². The Hall–Kier alpha value is -2.82. The van der Waals surface area contributed by atoms with Gasteiger partial charge < -0.3 is 31.3 Å². The summed E-state index contributed by atoms with van der Waals surface area (Å²) < 4.78 is 0. The lowest BCUT2D eigenvalue weighted by Gasteiger charge is -2.52. The van der Waals surface area contributed by atoms with E-state index < -0.39 is 69.9 Å². The van der Waals surface area contributed by atoms with Crippen molar-refractivity contribution in [2.24, 2.45) is 23.5 Å². The molecule has 7 N–H and O–H groups in total. The molecule has 9 nitrogen and oxygen atoms in total. The number of allylic oxidation sites excluding steroid dienone is 1. The summed E-state index contributed by atoms with van der Waals surface area (Å²) >= 11 is 1.42. The van der Waals surface area contributed by atoms with E-state index in [1.807, 2.05) is 6.26 Å². The van der Waals surface area contributed by atoms with Crippen molar-refractivity contribution in [2.45, 2.75) is 31.0 Å². The van der Waals surface area contributed by atoms with E-state index >= 15 is 0 Å². The normalized spacial score (nSPS) is 33.5. The number of benzene rings is 1. The topological polar surface area (TPSA) is 178 Å². The number of hydrogen-bond donors (Lipinski definition) is 6. The Morgan fingerprint density at radius 2 is 1.85 bits per heavy atom. The number of Topliss-reactive ketones (excluding diaryl/α,β-unsaturated/α-hetero) is 2. The van der Waals surface area contributed by atoms with Gasteiger partial charge in [-0.2, -0.15) is 11.8 Å². The van der Waals surface area contributed by atoms with E-state index in [2.05, 4.69) is 0 Å². The first-order chi connectivity index (χ1) is 15.5. The zero-order chi connectivity index (χ0) is 24.4. The largest absolute Gasteiger partial charge is 0.511 e. The molecule has 1 aromatic rings. The molecule has 0 saturated carbocycles. The second-order valence-corrected chi connectivity index (χ2v) is 9.58. The molecular formula is C23H25NO8S. The molecule has 0 aromatic heterocycles. The maximum absolute atomic E-state index is 13.5. The van der Waals surface area contributed by atoms with Gasteiger partial charge in [0, 0.05) is 35.0 Å². The second-order valence-electron chi connectivity index (χ2n) is 8.67. The Labute approximate surface area is 193 Å². The first kappa shape index (κ1) is 23.3. The highest BCUT2D eigenvalue weighted by molar-refractivity contribution is 7.98. The quantitative estimate of drug-likeness (QED) is 0.348. The van der Waals surface area contributed by atoms with Crippen molar-refractivity contribution in [1.82, 2.24) is 0 Å². The van der Waals surface area contributed by atoms with Crippen molar-refractivity contribution in [2.75, 3.05) is 12.0 Å². The number of primary amides is 1. The molecule has 0 aliphatic heterocycles. The van der Waals surface area contributed by atoms with E-state index in [1.165, 1.54) is 17.8 Å². The molecule has 10 heteroatoms. The summed E-state index contributed by atoms with van der Waals surface area (Å²) in [5, 5.41) is 55.4. The van der Waals surface area contributed by atoms with Gasteiger partial charge in [0.05, 0.1) is 11.7 Å². The predicted octanol–water partition coefficient (Wildman–Crippen LogP) is 1.09. The molecule has 6 atom stereocenters. The molecule has 176 valence electrons. The summed E-state index contributed by atoms with van der Waals surface area (Å²) in [7, 11) is 0. The van der Waals surface area contributed by atoms with Crippen molar-refractivity contribution < 1.29 is 39.9 Å². The van der Waals surface area contributed by atoms with Crippen LogP contribution in [0, 0.1) is 17.8 Å². The smallest absolute Gasteiger partial charge is 0.255 e. The van der Waals surface area contributed by atoms with Crippen LogP contribution in [-0.2, 0) is 9.59 Å². The third-order valence-corrected chi connectivity index (χ3v) is 7.89. The van der Waals surface area contributed by atoms with Gasteiger partial charge >= 0.3 is 0 Å². The summed E-state index contributed by atoms with van der Waals surface area (Å²) in [6.07, 6.45) is 0.386. The molecule has 4 rings (SSSR count). The minimum Gasteiger partial charge on any atom is -0.511 e. The number of rotatable bonds is 4. The Bertz CT molecular complexity index is 1140. The Morgan fingerprint density at radius 3 is 2.42 bits per heavy atom. The van der Waals surface area contributed by atoms with Crippen LogP contribution < -0.4 is 5.73 Å². The molecule has 0 spiro atoms. The Kier molecular flexibility index (Phi) is 5.58. The van der Waals surface area contributed by atoms with E-state index in [1.54, 1.807) is 19.1 Å². The van der Waals surface area contributed by atoms with Crippen LogP contribution in [0.15, 0.2) is 40.9 Å². The number of aromatic hydroxyl groups is 1. The molecule has 1 aromatic carbocycles. The van der Waals surface area contributed by atoms with Crippen LogP contribution in [0.1, 0.15) is 35.2 Å². The summed E-state index contributed by atoms with van der Waals surface area (Å²) in [5.41, 5.74) is 1.58. The van der Waals surface area contributed by atoms with Gasteiger partial charge in [0.2, 0.25) is 5.78 Å². The fourth-order valence-corrected chi connectivity index (χ4v) is 6.56. The van der Waals surface area contributed by atoms with Crippen LogP contribution in [0.5, 0.6) is 5.75 Å². The van der Waals surface area contributed by atoms with Gasteiger partial charge in [-0.05, 0) is 24.3 Å². The molecule has 3 aliphatic rings. The lowest BCUT2D eigenvalue weighted by atomic mass is 9.53. The summed E-state index contributed by atoms with van der Waals surface area (Å²) in [5.74, 6) is -9.14. The van der Waals surface area contributed by atoms with Crippen LogP contribution >= 0.6 is 11.8 Å². The number of ketones is 2. The fourth-order valence-electron chi connectivity index (χ4n) is 5.81. The lowest BCUT2D eigenvalue weighted by molar-refractivity contribution is -0.161. The first-order valence-electron chi connectivity index (χ1n) is 10.5. The molecular weight excluding hydrogens is 450 g/mol. The molecule has 0 radical (unpaired) electrons. The van der Waals surface area contributed by atoms with E-state index in [9.17, 15) is 39.9 Å². The number of aliphatic hydroxyl groups excluding tert-OH is 3. The van der Waals surface area contributed by atoms with Crippen LogP contribution in [0.25, 0.3) is 0 Å². The van der Waals surface area contributed by atoms with Gasteiger partial charge in [-0.3, -0.25) is 14.4 Å². The summed E-state index contributed by atoms with van der Waals surface area (Å²) in [4.78, 5) is 38.6. The molecule has 1 amide bonds. The fraction of sp³-hybridized carbons (Fsp3) is 0.435. The number of aliphatic hydroxyl groups is 4. The number of carbonyl (C=O) groups is 3. The lowest BCUT2D eigenvalue weighted by Crippen LogP contribution is -2.65. The van der Waals surface area contributed by atoms with Crippen LogP contribution in [0.4, 0.5) is 0 Å². The van der Waals surface area contributed by atoms with Gasteiger partial charge in [-0.15, -0.1) is 0 Å². The molecule has 3 aliphatic carbocycles. The van der Waals surface area contributed by atoms with Crippen molar-refractivity contribution in [3.63, 3.8) is 0 Å². The van der Waals surface area contributed by atoms with Gasteiger partial charge in [0.1, 0.15) is 22.8 Å². The number of amides is 1. The van der Waals surface area contributed by atoms with Crippen LogP contribution in [-0.4, -0.2) is 66.7 Å². The minimum atomic E-state index is -2.84. The van der Waals surface area contributed by atoms with E-state index in [4.69, 9.17) is 5.73 Å². The highest BCUT2D eigenvalue weighted by atomic mass is 32.2. The van der Waals surface area contributed by atoms with Gasteiger partial charge in [0.15, 0.2) is 11.4 Å². The highest BCUT2D eigenvalue weighted by Gasteiger charge is 2.66. The van der Waals surface area contributed by atoms with Crippen LogP contribution in [0.3, 0.4) is 0 Å². The third kappa shape index (κ3) is 2.90.